The van der Waals surface area contributed by atoms with E-state index in [0.29, 0.717) is 13.0 Å². The van der Waals surface area contributed by atoms with Crippen LogP contribution in [0.15, 0.2) is 0 Å². The van der Waals surface area contributed by atoms with Gasteiger partial charge in [0.15, 0.2) is 0 Å². The molecule has 0 aromatic heterocycles. The number of carboxylic acid groups (broad SMARTS) is 1. The standard InChI is InChI=1S/C6H14N2O2.3Ca.2H3O4P/c7-4-2-1-3-5(8)6(9)10;;;;2*1-5(2,3)4/h5H,1-4,7-8H2,(H,9,10);;;;2*(H3,1,2,3,4)/q;3*+2;;/p-6. The van der Waals surface area contributed by atoms with Crippen molar-refractivity contribution in [2.45, 2.75) is 25.3 Å². The van der Waals surface area contributed by atoms with Gasteiger partial charge in [-0.1, -0.05) is 6.42 Å². The fourth-order valence-electron chi connectivity index (χ4n) is 0.632. The van der Waals surface area contributed by atoms with Crippen molar-refractivity contribution in [3.05, 3.63) is 0 Å². The molecule has 23 heavy (non-hydrogen) atoms. The first kappa shape index (κ1) is 40.9. The molecule has 0 aromatic rings. The molecule has 12 nitrogen and oxygen atoms in total. The van der Waals surface area contributed by atoms with Crippen LogP contribution in [0.2, 0.25) is 0 Å². The van der Waals surface area contributed by atoms with E-state index in [1.807, 2.05) is 0 Å². The fraction of sp³-hybridized carbons (Fsp3) is 0.833. The molecule has 0 heterocycles. The predicted octanol–water partition coefficient (Wildman–Crippen LogP) is -7.26. The van der Waals surface area contributed by atoms with E-state index in [1.165, 1.54) is 0 Å². The summed E-state index contributed by atoms with van der Waals surface area (Å²) in [6.45, 7) is 0.604. The van der Waals surface area contributed by atoms with Crippen molar-refractivity contribution < 1.29 is 48.4 Å². The molecule has 0 rings (SSSR count). The van der Waals surface area contributed by atoms with Gasteiger partial charge < -0.3 is 55.1 Å². The molecule has 0 aromatic carbocycles. The number of rotatable bonds is 5. The van der Waals surface area contributed by atoms with Crippen LogP contribution < -0.4 is 40.8 Å². The quantitative estimate of drug-likeness (QED) is 0.198. The minimum Gasteiger partial charge on any atom is -0.822 e. The van der Waals surface area contributed by atoms with Crippen LogP contribution in [0.1, 0.15) is 19.3 Å². The van der Waals surface area contributed by atoms with E-state index in [9.17, 15) is 4.79 Å². The van der Waals surface area contributed by atoms with Gasteiger partial charge in [-0.05, 0) is 19.4 Å². The first-order chi connectivity index (χ1) is 8.68. The molecule has 0 fully saturated rings. The van der Waals surface area contributed by atoms with Crippen molar-refractivity contribution in [3.8, 4) is 0 Å². The van der Waals surface area contributed by atoms with Crippen molar-refractivity contribution in [2.24, 2.45) is 11.5 Å². The zero-order chi connectivity index (χ0) is 17.0. The minimum atomic E-state index is -5.39. The summed E-state index contributed by atoms with van der Waals surface area (Å²) in [5, 5.41) is 8.33. The van der Waals surface area contributed by atoms with Crippen LogP contribution in [-0.2, 0) is 13.9 Å². The summed E-state index contributed by atoms with van der Waals surface area (Å²) in [4.78, 5) is 61.4. The first-order valence-corrected chi connectivity index (χ1v) is 7.75. The van der Waals surface area contributed by atoms with Crippen molar-refractivity contribution in [1.82, 2.24) is 0 Å². The molecule has 0 aliphatic carbocycles. The van der Waals surface area contributed by atoms with Crippen molar-refractivity contribution in [1.29, 1.82) is 0 Å². The largest absolute Gasteiger partial charge is 2.00 e. The van der Waals surface area contributed by atoms with Crippen LogP contribution in [0.25, 0.3) is 0 Å². The van der Waals surface area contributed by atoms with E-state index < -0.39 is 27.7 Å². The summed E-state index contributed by atoms with van der Waals surface area (Å²) in [6.07, 6.45) is 2.16. The molecule has 0 saturated carbocycles. The Bertz CT molecular complexity index is 315. The number of aliphatic carboxylic acids is 1. The van der Waals surface area contributed by atoms with E-state index in [4.69, 9.17) is 55.1 Å². The summed E-state index contributed by atoms with van der Waals surface area (Å²) in [5.41, 5.74) is 10.4. The van der Waals surface area contributed by atoms with Crippen LogP contribution in [0.4, 0.5) is 0 Å². The number of phosphoric acid groups is 2. The van der Waals surface area contributed by atoms with Crippen LogP contribution in [-0.4, -0.2) is 137 Å². The minimum absolute atomic E-state index is 0. The topological polar surface area (TPSA) is 262 Å². The number of nitrogens with two attached hydrogens (primary N) is 2. The molecule has 0 saturated heterocycles. The second kappa shape index (κ2) is 23.4. The van der Waals surface area contributed by atoms with E-state index in [-0.39, 0.29) is 113 Å². The fourth-order valence-corrected chi connectivity index (χ4v) is 0.632. The van der Waals surface area contributed by atoms with E-state index in [2.05, 4.69) is 0 Å². The maximum atomic E-state index is 10.1. The molecule has 0 aliphatic rings. The van der Waals surface area contributed by atoms with Gasteiger partial charge in [-0.15, -0.1) is 0 Å². The van der Waals surface area contributed by atoms with Gasteiger partial charge in [-0.2, -0.15) is 15.6 Å². The Morgan fingerprint density at radius 1 is 0.913 bits per heavy atom. The number of hydrogen-bond donors (Lipinski definition) is 3. The summed E-state index contributed by atoms with van der Waals surface area (Å²) in [7, 11) is -10.8. The van der Waals surface area contributed by atoms with Gasteiger partial charge >= 0.3 is 119 Å². The predicted molar refractivity (Wildman–Crippen MR) is 71.0 cm³/mol. The van der Waals surface area contributed by atoms with Crippen molar-refractivity contribution >= 4 is 135 Å². The Kier molecular flexibility index (Phi) is 41.7. The molecule has 5 N–H and O–H groups in total. The maximum Gasteiger partial charge on any atom is 2.00 e. The Balaban J connectivity index is -0.0000000483. The maximum absolute atomic E-state index is 10.1. The van der Waals surface area contributed by atoms with E-state index in [1.54, 1.807) is 0 Å². The SMILES string of the molecule is NCCCCC(N)C(=O)O.O=P([O-])([O-])[O-].O=P([O-])([O-])[O-].[Ca+2].[Ca+2].[Ca+2]. The van der Waals surface area contributed by atoms with Gasteiger partial charge in [0, 0.05) is 0 Å². The molecule has 0 amide bonds. The third-order valence-electron chi connectivity index (χ3n) is 1.29. The molecule has 124 valence electrons. The second-order valence-electron chi connectivity index (χ2n) is 3.12. The van der Waals surface area contributed by atoms with Crippen molar-refractivity contribution in [2.75, 3.05) is 6.54 Å². The van der Waals surface area contributed by atoms with Gasteiger partial charge in [0.1, 0.15) is 6.04 Å². The van der Waals surface area contributed by atoms with Gasteiger partial charge in [-0.3, -0.25) is 4.79 Å². The molecular formula is C6H14Ca3N2O10P2. The van der Waals surface area contributed by atoms with Crippen LogP contribution in [0.3, 0.4) is 0 Å². The zero-order valence-corrected chi connectivity index (χ0v) is 20.6. The second-order valence-corrected chi connectivity index (χ2v) is 4.91. The monoisotopic (exact) mass is 456 g/mol. The number of unbranched alkanes of at least 4 members (excludes halogenated alkanes) is 1. The Morgan fingerprint density at radius 2 is 1.17 bits per heavy atom. The van der Waals surface area contributed by atoms with Gasteiger partial charge in [0.2, 0.25) is 0 Å². The Hall–Kier alpha value is 3.39. The average molecular weight is 456 g/mol. The van der Waals surface area contributed by atoms with E-state index >= 15 is 0 Å². The van der Waals surface area contributed by atoms with Crippen molar-refractivity contribution in [3.63, 3.8) is 0 Å². The smallest absolute Gasteiger partial charge is 0.822 e. The normalized spacial score (nSPS) is 10.8. The molecule has 1 unspecified atom stereocenters. The third-order valence-corrected chi connectivity index (χ3v) is 1.29. The van der Waals surface area contributed by atoms with Crippen LogP contribution in [0.5, 0.6) is 0 Å². The third kappa shape index (κ3) is 90.5. The summed E-state index contributed by atoms with van der Waals surface area (Å²) >= 11 is 0. The number of carbonyl (C=O) groups is 1. The molecule has 0 spiro atoms. The molecular weight excluding hydrogens is 442 g/mol. The zero-order valence-electron chi connectivity index (χ0n) is 12.2. The molecule has 1 atom stereocenters. The Labute approximate surface area is 222 Å². The number of carboxylic acids is 1. The number of hydrogen-bond acceptors (Lipinski definition) is 11. The van der Waals surface area contributed by atoms with Crippen LogP contribution in [0, 0.1) is 0 Å². The summed E-state index contributed by atoms with van der Waals surface area (Å²) in [5.74, 6) is -0.933. The summed E-state index contributed by atoms with van der Waals surface area (Å²) < 4.78 is 17.1. The average Bonchev–Trinajstić information content (AvgIpc) is 2.12. The van der Waals surface area contributed by atoms with E-state index in [0.717, 1.165) is 12.8 Å². The molecule has 0 aliphatic heterocycles. The van der Waals surface area contributed by atoms with Gasteiger partial charge in [0.25, 0.3) is 0 Å². The van der Waals surface area contributed by atoms with Gasteiger partial charge in [0.05, 0.1) is 0 Å². The Morgan fingerprint density at radius 3 is 1.35 bits per heavy atom. The molecule has 17 heteroatoms. The van der Waals surface area contributed by atoms with Gasteiger partial charge in [-0.25, -0.2) is 0 Å². The summed E-state index contributed by atoms with van der Waals surface area (Å²) in [6, 6.07) is -0.716. The molecule has 0 bridgehead atoms. The first-order valence-electron chi connectivity index (χ1n) is 4.83. The molecule has 0 radical (unpaired) electrons. The van der Waals surface area contributed by atoms with Crippen LogP contribution >= 0.6 is 15.6 Å².